The molecule has 394 valence electrons. The number of unbranched alkanes of at least 4 members (excludes halogenated alkanes) is 47. The maximum Gasteiger partial charge on any atom is 0.306 e. The first-order valence-corrected chi connectivity index (χ1v) is 30.6. The van der Waals surface area contributed by atoms with Gasteiger partial charge < -0.3 is 14.2 Å². The zero-order valence-corrected chi connectivity index (χ0v) is 45.5. The van der Waals surface area contributed by atoms with Crippen LogP contribution >= 0.6 is 0 Å². The molecule has 0 aromatic heterocycles. The van der Waals surface area contributed by atoms with Crippen molar-refractivity contribution in [1.29, 1.82) is 0 Å². The third kappa shape index (κ3) is 55.5. The molecule has 0 saturated heterocycles. The second kappa shape index (κ2) is 58.2. The second-order valence-electron chi connectivity index (χ2n) is 21.0. The Morgan fingerprint density at radius 1 is 0.273 bits per heavy atom. The van der Waals surface area contributed by atoms with Crippen LogP contribution in [-0.2, 0) is 23.8 Å². The van der Waals surface area contributed by atoms with E-state index in [-0.39, 0.29) is 18.5 Å². The molecule has 0 rings (SSSR count). The Hall–Kier alpha value is -1.10. The van der Waals surface area contributed by atoms with Gasteiger partial charge in [0.2, 0.25) is 0 Å². The van der Waals surface area contributed by atoms with Gasteiger partial charge in [0.25, 0.3) is 0 Å². The third-order valence-corrected chi connectivity index (χ3v) is 14.1. The minimum Gasteiger partial charge on any atom is -0.462 e. The number of ether oxygens (including phenoxy) is 3. The van der Waals surface area contributed by atoms with Gasteiger partial charge in [-0.2, -0.15) is 0 Å². The number of esters is 2. The summed E-state index contributed by atoms with van der Waals surface area (Å²) in [7, 11) is 0. The quantitative estimate of drug-likeness (QED) is 0.0449. The molecule has 0 radical (unpaired) electrons. The molecule has 0 spiro atoms. The van der Waals surface area contributed by atoms with E-state index in [2.05, 4.69) is 20.8 Å². The van der Waals surface area contributed by atoms with E-state index in [4.69, 9.17) is 14.2 Å². The van der Waals surface area contributed by atoms with E-state index in [0.29, 0.717) is 26.1 Å². The summed E-state index contributed by atoms with van der Waals surface area (Å²) in [6, 6.07) is 0. The number of carbonyl (C=O) groups is 2. The predicted molar refractivity (Wildman–Crippen MR) is 289 cm³/mol. The monoisotopic (exact) mass is 933 g/mol. The van der Waals surface area contributed by atoms with Crippen LogP contribution in [0.3, 0.4) is 0 Å². The Bertz CT molecular complexity index is 921. The van der Waals surface area contributed by atoms with Crippen molar-refractivity contribution in [2.24, 2.45) is 0 Å². The Morgan fingerprint density at radius 2 is 0.500 bits per heavy atom. The van der Waals surface area contributed by atoms with E-state index in [0.717, 1.165) is 32.1 Å². The van der Waals surface area contributed by atoms with Crippen LogP contribution < -0.4 is 0 Å². The molecule has 0 aliphatic carbocycles. The summed E-state index contributed by atoms with van der Waals surface area (Å²) in [4.78, 5) is 25.5. The molecular weight excluding hydrogens is 813 g/mol. The van der Waals surface area contributed by atoms with E-state index in [1.54, 1.807) is 0 Å². The molecule has 0 fully saturated rings. The molecule has 1 atom stereocenters. The van der Waals surface area contributed by atoms with Gasteiger partial charge in [0, 0.05) is 19.4 Å². The van der Waals surface area contributed by atoms with Crippen LogP contribution in [0.15, 0.2) is 0 Å². The Labute approximate surface area is 414 Å². The SMILES string of the molecule is CCCCCCCCCCCCCCCCCCCCCCOCC(COC(=O)CCCCCCCCCCCCCCCCC)OC(=O)CCCCCCCCCCCCCCCCC. The highest BCUT2D eigenvalue weighted by molar-refractivity contribution is 5.70. The maximum absolute atomic E-state index is 12.9. The zero-order chi connectivity index (χ0) is 47.7. The van der Waals surface area contributed by atoms with Crippen molar-refractivity contribution in [2.45, 2.75) is 361 Å². The highest BCUT2D eigenvalue weighted by atomic mass is 16.6. The van der Waals surface area contributed by atoms with E-state index >= 15 is 0 Å². The predicted octanol–water partition coefficient (Wildman–Crippen LogP) is 20.8. The molecular formula is C61H120O5. The van der Waals surface area contributed by atoms with Crippen LogP contribution in [0.2, 0.25) is 0 Å². The first-order valence-electron chi connectivity index (χ1n) is 30.6. The highest BCUT2D eigenvalue weighted by Crippen LogP contribution is 2.18. The number of carbonyl (C=O) groups excluding carboxylic acids is 2. The molecule has 0 saturated carbocycles. The molecule has 0 aliphatic heterocycles. The van der Waals surface area contributed by atoms with Gasteiger partial charge >= 0.3 is 11.9 Å². The highest BCUT2D eigenvalue weighted by Gasteiger charge is 2.18. The van der Waals surface area contributed by atoms with Gasteiger partial charge in [-0.25, -0.2) is 0 Å². The van der Waals surface area contributed by atoms with Crippen molar-refractivity contribution in [1.82, 2.24) is 0 Å². The average molecular weight is 934 g/mol. The lowest BCUT2D eigenvalue weighted by Gasteiger charge is -2.18. The van der Waals surface area contributed by atoms with Crippen LogP contribution in [0, 0.1) is 0 Å². The molecule has 0 amide bonds. The van der Waals surface area contributed by atoms with Gasteiger partial charge in [0.05, 0.1) is 6.61 Å². The van der Waals surface area contributed by atoms with Crippen molar-refractivity contribution in [3.05, 3.63) is 0 Å². The van der Waals surface area contributed by atoms with E-state index < -0.39 is 6.10 Å². The van der Waals surface area contributed by atoms with Gasteiger partial charge in [0.1, 0.15) is 6.61 Å². The summed E-state index contributed by atoms with van der Waals surface area (Å²) in [5.41, 5.74) is 0. The third-order valence-electron chi connectivity index (χ3n) is 14.1. The van der Waals surface area contributed by atoms with Crippen molar-refractivity contribution < 1.29 is 23.8 Å². The van der Waals surface area contributed by atoms with Crippen LogP contribution in [0.4, 0.5) is 0 Å². The number of hydrogen-bond donors (Lipinski definition) is 0. The molecule has 1 unspecified atom stereocenters. The summed E-state index contributed by atoms with van der Waals surface area (Å²) in [5.74, 6) is -0.363. The standard InChI is InChI=1S/C61H120O5/c1-4-7-10-13-16-19-22-25-28-29-30-31-32-35-38-41-44-47-50-53-56-64-57-59(66-61(63)55-52-49-46-43-40-37-34-27-24-21-18-15-12-9-6-3)58-65-60(62)54-51-48-45-42-39-36-33-26-23-20-17-14-11-8-5-2/h59H,4-58H2,1-3H3. The first kappa shape index (κ1) is 64.9. The lowest BCUT2D eigenvalue weighted by molar-refractivity contribution is -0.163. The molecule has 0 N–H and O–H groups in total. The zero-order valence-electron chi connectivity index (χ0n) is 45.5. The molecule has 5 heteroatoms. The Balaban J connectivity index is 4.16. The topological polar surface area (TPSA) is 61.8 Å². The molecule has 0 heterocycles. The number of hydrogen-bond acceptors (Lipinski definition) is 5. The van der Waals surface area contributed by atoms with Crippen LogP contribution in [0.1, 0.15) is 355 Å². The molecule has 0 aliphatic rings. The lowest BCUT2D eigenvalue weighted by atomic mass is 10.0. The second-order valence-corrected chi connectivity index (χ2v) is 21.0. The normalized spacial score (nSPS) is 12.0. The lowest BCUT2D eigenvalue weighted by Crippen LogP contribution is -2.30. The molecule has 0 aromatic carbocycles. The molecule has 0 bridgehead atoms. The van der Waals surface area contributed by atoms with Crippen molar-refractivity contribution in [3.63, 3.8) is 0 Å². The fraction of sp³-hybridized carbons (Fsp3) is 0.967. The van der Waals surface area contributed by atoms with Crippen molar-refractivity contribution >= 4 is 11.9 Å². The van der Waals surface area contributed by atoms with Crippen LogP contribution in [0.25, 0.3) is 0 Å². The van der Waals surface area contributed by atoms with Crippen LogP contribution in [-0.4, -0.2) is 37.9 Å². The minimum atomic E-state index is -0.524. The van der Waals surface area contributed by atoms with E-state index in [9.17, 15) is 9.59 Å². The maximum atomic E-state index is 12.9. The van der Waals surface area contributed by atoms with Crippen molar-refractivity contribution in [3.8, 4) is 0 Å². The minimum absolute atomic E-state index is 0.0986. The smallest absolute Gasteiger partial charge is 0.306 e. The summed E-state index contributed by atoms with van der Waals surface area (Å²) in [6.07, 6.45) is 67.0. The molecule has 0 aromatic rings. The summed E-state index contributed by atoms with van der Waals surface area (Å²) in [6.45, 7) is 7.93. The Morgan fingerprint density at radius 3 is 0.773 bits per heavy atom. The molecule has 5 nitrogen and oxygen atoms in total. The fourth-order valence-electron chi connectivity index (χ4n) is 9.57. The molecule has 66 heavy (non-hydrogen) atoms. The van der Waals surface area contributed by atoms with Gasteiger partial charge in [-0.1, -0.05) is 323 Å². The van der Waals surface area contributed by atoms with Gasteiger partial charge in [-0.15, -0.1) is 0 Å². The van der Waals surface area contributed by atoms with Gasteiger partial charge in [-0.05, 0) is 19.3 Å². The van der Waals surface area contributed by atoms with E-state index in [1.165, 1.54) is 289 Å². The fourth-order valence-corrected chi connectivity index (χ4v) is 9.57. The summed E-state index contributed by atoms with van der Waals surface area (Å²) >= 11 is 0. The van der Waals surface area contributed by atoms with Crippen molar-refractivity contribution in [2.75, 3.05) is 19.8 Å². The van der Waals surface area contributed by atoms with Gasteiger partial charge in [-0.3, -0.25) is 9.59 Å². The van der Waals surface area contributed by atoms with E-state index in [1.807, 2.05) is 0 Å². The summed E-state index contributed by atoms with van der Waals surface area (Å²) < 4.78 is 17.5. The summed E-state index contributed by atoms with van der Waals surface area (Å²) in [5, 5.41) is 0. The van der Waals surface area contributed by atoms with Gasteiger partial charge in [0.15, 0.2) is 6.10 Å². The Kier molecular flexibility index (Phi) is 57.2. The average Bonchev–Trinajstić information content (AvgIpc) is 3.32. The largest absolute Gasteiger partial charge is 0.462 e. The number of rotatable bonds is 58. The first-order chi connectivity index (χ1) is 32.6. The van der Waals surface area contributed by atoms with Crippen LogP contribution in [0.5, 0.6) is 0 Å².